The van der Waals surface area contributed by atoms with Crippen molar-refractivity contribution in [3.05, 3.63) is 42.9 Å². The average Bonchev–Trinajstić information content (AvgIpc) is 3.29. The van der Waals surface area contributed by atoms with Crippen LogP contribution in [0.25, 0.3) is 33.1 Å². The largest absolute Gasteiger partial charge is 0.493 e. The third-order valence-corrected chi connectivity index (χ3v) is 5.90. The number of hydrogen-bond donors (Lipinski definition) is 1. The van der Waals surface area contributed by atoms with Crippen molar-refractivity contribution < 1.29 is 23.7 Å². The van der Waals surface area contributed by atoms with Crippen molar-refractivity contribution in [1.29, 1.82) is 0 Å². The highest BCUT2D eigenvalue weighted by molar-refractivity contribution is 6.03. The second-order valence-electron chi connectivity index (χ2n) is 7.89. The van der Waals surface area contributed by atoms with Crippen LogP contribution in [0.5, 0.6) is 17.2 Å². The number of aromatic amines is 1. The number of fused-ring (bicyclic) bond motifs is 2. The first-order valence-corrected chi connectivity index (χ1v) is 10.9. The van der Waals surface area contributed by atoms with Gasteiger partial charge in [-0.1, -0.05) is 0 Å². The van der Waals surface area contributed by atoms with Gasteiger partial charge in [0, 0.05) is 64.3 Å². The highest BCUT2D eigenvalue weighted by Crippen LogP contribution is 2.38. The Morgan fingerprint density at radius 3 is 2.74 bits per heavy atom. The van der Waals surface area contributed by atoms with Crippen LogP contribution in [0.15, 0.2) is 42.9 Å². The number of hydrogen-bond acceptors (Lipinski definition) is 7. The Hall–Kier alpha value is -3.14. The molecule has 180 valence electrons. The van der Waals surface area contributed by atoms with Gasteiger partial charge in [-0.2, -0.15) is 0 Å². The summed E-state index contributed by atoms with van der Waals surface area (Å²) in [5, 5.41) is 1.74. The molecule has 0 unspecified atom stereocenters. The SMILES string of the molecule is COc1cc2c(-c3c[nH]c4cc(OF)ccc34)ncnc2cc1OCCCN1CCOCC1.Cl. The summed E-state index contributed by atoms with van der Waals surface area (Å²) in [6.45, 7) is 5.08. The highest BCUT2D eigenvalue weighted by atomic mass is 35.5. The van der Waals surface area contributed by atoms with Crippen molar-refractivity contribution in [2.24, 2.45) is 0 Å². The van der Waals surface area contributed by atoms with E-state index in [4.69, 9.17) is 14.2 Å². The molecule has 4 aromatic rings. The number of morpholine rings is 1. The van der Waals surface area contributed by atoms with E-state index >= 15 is 0 Å². The molecule has 10 heteroatoms. The van der Waals surface area contributed by atoms with E-state index < -0.39 is 0 Å². The van der Waals surface area contributed by atoms with Crippen LogP contribution in [0.4, 0.5) is 4.53 Å². The number of aromatic nitrogens is 3. The lowest BCUT2D eigenvalue weighted by Gasteiger charge is -2.26. The van der Waals surface area contributed by atoms with Gasteiger partial charge >= 0.3 is 0 Å². The Balaban J connectivity index is 0.00000274. The summed E-state index contributed by atoms with van der Waals surface area (Å²) in [6, 6.07) is 8.77. The molecule has 1 aliphatic rings. The molecule has 0 saturated carbocycles. The zero-order valence-electron chi connectivity index (χ0n) is 18.8. The first-order valence-electron chi connectivity index (χ1n) is 10.9. The molecular formula is C24H26ClFN4O4. The van der Waals surface area contributed by atoms with Gasteiger partial charge in [0.1, 0.15) is 6.33 Å². The maximum absolute atomic E-state index is 12.6. The number of H-pyrrole nitrogens is 1. The van der Waals surface area contributed by atoms with Gasteiger partial charge in [-0.25, -0.2) is 9.97 Å². The molecule has 0 atom stereocenters. The molecule has 0 spiro atoms. The van der Waals surface area contributed by atoms with Crippen molar-refractivity contribution in [2.75, 3.05) is 46.6 Å². The average molecular weight is 489 g/mol. The smallest absolute Gasteiger partial charge is 0.174 e. The molecule has 0 radical (unpaired) electrons. The van der Waals surface area contributed by atoms with Gasteiger partial charge in [-0.05, 0) is 24.6 Å². The van der Waals surface area contributed by atoms with Gasteiger partial charge < -0.3 is 19.2 Å². The Labute approximate surface area is 202 Å². The normalized spacial score (nSPS) is 14.2. The third kappa shape index (κ3) is 4.86. The van der Waals surface area contributed by atoms with E-state index in [2.05, 4.69) is 24.8 Å². The van der Waals surface area contributed by atoms with Gasteiger partial charge in [0.15, 0.2) is 17.2 Å². The van der Waals surface area contributed by atoms with Gasteiger partial charge in [-0.3, -0.25) is 9.84 Å². The van der Waals surface area contributed by atoms with Gasteiger partial charge in [0.05, 0.1) is 38.1 Å². The number of rotatable bonds is 8. The predicted molar refractivity (Wildman–Crippen MR) is 130 cm³/mol. The number of halogens is 2. The van der Waals surface area contributed by atoms with Crippen molar-refractivity contribution in [3.63, 3.8) is 0 Å². The summed E-state index contributed by atoms with van der Waals surface area (Å²) in [4.78, 5) is 18.4. The van der Waals surface area contributed by atoms with Gasteiger partial charge in [-0.15, -0.1) is 12.4 Å². The number of benzene rings is 2. The fraction of sp³-hybridized carbons (Fsp3) is 0.333. The number of nitrogens with one attached hydrogen (secondary N) is 1. The van der Waals surface area contributed by atoms with E-state index in [1.54, 1.807) is 25.3 Å². The molecule has 1 saturated heterocycles. The first kappa shape index (κ1) is 24.0. The minimum atomic E-state index is 0. The summed E-state index contributed by atoms with van der Waals surface area (Å²) in [6.07, 6.45) is 4.29. The monoisotopic (exact) mass is 488 g/mol. The van der Waals surface area contributed by atoms with Gasteiger partial charge in [0.25, 0.3) is 0 Å². The van der Waals surface area contributed by atoms with Crippen LogP contribution in [0.2, 0.25) is 0 Å². The topological polar surface area (TPSA) is 81.7 Å². The van der Waals surface area contributed by atoms with Crippen LogP contribution in [-0.2, 0) is 4.74 Å². The molecule has 5 rings (SSSR count). The van der Waals surface area contributed by atoms with Crippen LogP contribution in [0.1, 0.15) is 6.42 Å². The molecule has 8 nitrogen and oxygen atoms in total. The summed E-state index contributed by atoms with van der Waals surface area (Å²) in [7, 11) is 1.62. The molecule has 34 heavy (non-hydrogen) atoms. The number of ether oxygens (including phenoxy) is 3. The van der Waals surface area contributed by atoms with Crippen molar-refractivity contribution >= 4 is 34.2 Å². The maximum atomic E-state index is 12.6. The van der Waals surface area contributed by atoms with Crippen molar-refractivity contribution in [3.8, 4) is 28.5 Å². The Morgan fingerprint density at radius 2 is 1.94 bits per heavy atom. The molecule has 2 aromatic carbocycles. The number of methoxy groups -OCH3 is 1. The molecule has 1 N–H and O–H groups in total. The van der Waals surface area contributed by atoms with Gasteiger partial charge in [0.2, 0.25) is 0 Å². The standard InChI is InChI=1S/C24H25FN4O4.ClH/c1-30-22-12-18-21(13-23(22)32-8-2-5-29-6-9-31-10-7-29)27-15-28-24(18)19-14-26-20-11-16(33-25)3-4-17(19)20;/h3-4,11-15,26H,2,5-10H2,1H3;1H. The van der Waals surface area contributed by atoms with Crippen LogP contribution >= 0.6 is 12.4 Å². The molecule has 1 fully saturated rings. The zero-order valence-corrected chi connectivity index (χ0v) is 19.6. The minimum Gasteiger partial charge on any atom is -0.493 e. The van der Waals surface area contributed by atoms with E-state index in [1.165, 1.54) is 6.33 Å². The van der Waals surface area contributed by atoms with Crippen LogP contribution in [0.3, 0.4) is 0 Å². The van der Waals surface area contributed by atoms with Crippen LogP contribution in [-0.4, -0.2) is 66.4 Å². The third-order valence-electron chi connectivity index (χ3n) is 5.90. The van der Waals surface area contributed by atoms with Crippen molar-refractivity contribution in [2.45, 2.75) is 6.42 Å². The Kier molecular flexibility index (Phi) is 7.66. The molecular weight excluding hydrogens is 463 g/mol. The second kappa shape index (κ2) is 10.9. The predicted octanol–water partition coefficient (Wildman–Crippen LogP) is 4.57. The fourth-order valence-corrected chi connectivity index (χ4v) is 4.20. The highest BCUT2D eigenvalue weighted by Gasteiger charge is 2.16. The van der Waals surface area contributed by atoms with Crippen molar-refractivity contribution in [1.82, 2.24) is 19.9 Å². The Morgan fingerprint density at radius 1 is 1.09 bits per heavy atom. The lowest BCUT2D eigenvalue weighted by atomic mass is 10.0. The summed E-state index contributed by atoms with van der Waals surface area (Å²) < 4.78 is 29.6. The fourth-order valence-electron chi connectivity index (χ4n) is 4.20. The molecule has 2 aromatic heterocycles. The molecule has 0 amide bonds. The quantitative estimate of drug-likeness (QED) is 0.364. The summed E-state index contributed by atoms with van der Waals surface area (Å²) in [5.41, 5.74) is 3.13. The molecule has 0 bridgehead atoms. The van der Waals surface area contributed by atoms with Crippen LogP contribution in [0, 0.1) is 0 Å². The lowest BCUT2D eigenvalue weighted by molar-refractivity contribution is -0.00604. The first-order chi connectivity index (χ1) is 16.3. The minimum absolute atomic E-state index is 0. The maximum Gasteiger partial charge on any atom is 0.174 e. The van der Waals surface area contributed by atoms with E-state index in [9.17, 15) is 4.53 Å². The Bertz CT molecular complexity index is 1260. The van der Waals surface area contributed by atoms with E-state index in [0.29, 0.717) is 18.1 Å². The lowest BCUT2D eigenvalue weighted by Crippen LogP contribution is -2.37. The molecule has 0 aliphatic carbocycles. The summed E-state index contributed by atoms with van der Waals surface area (Å²) in [5.74, 6) is 1.42. The van der Waals surface area contributed by atoms with Crippen LogP contribution < -0.4 is 14.4 Å². The van der Waals surface area contributed by atoms with E-state index in [0.717, 1.165) is 72.3 Å². The number of nitrogens with zero attached hydrogens (tertiary/aromatic N) is 3. The second-order valence-corrected chi connectivity index (χ2v) is 7.89. The van der Waals surface area contributed by atoms with E-state index in [1.807, 2.05) is 18.3 Å². The molecule has 1 aliphatic heterocycles. The van der Waals surface area contributed by atoms with E-state index in [-0.39, 0.29) is 18.2 Å². The summed E-state index contributed by atoms with van der Waals surface area (Å²) >= 11 is 0. The zero-order chi connectivity index (χ0) is 22.6. The molecule has 3 heterocycles.